The van der Waals surface area contributed by atoms with E-state index in [1.807, 2.05) is 24.3 Å². The minimum Gasteiger partial charge on any atom is -0.348 e. The number of carbonyl (C=O) groups excluding carboxylic acids is 3. The molecule has 0 bridgehead atoms. The molecule has 2 saturated heterocycles. The Labute approximate surface area is 205 Å². The summed E-state index contributed by atoms with van der Waals surface area (Å²) in [4.78, 5) is 50.3. The molecule has 2 aliphatic rings. The summed E-state index contributed by atoms with van der Waals surface area (Å²) in [6.45, 7) is 13.2. The number of rotatable bonds is 5. The van der Waals surface area contributed by atoms with E-state index >= 15 is 0 Å². The number of hydrogen-bond acceptors (Lipinski definition) is 5. The summed E-state index contributed by atoms with van der Waals surface area (Å²) in [6, 6.07) is 11.0. The van der Waals surface area contributed by atoms with E-state index < -0.39 is 0 Å². The van der Waals surface area contributed by atoms with E-state index in [4.69, 9.17) is 6.57 Å². The third kappa shape index (κ3) is 6.22. The number of hydrogen-bond donors (Lipinski definition) is 1. The van der Waals surface area contributed by atoms with Gasteiger partial charge in [-0.15, -0.1) is 0 Å². The van der Waals surface area contributed by atoms with Crippen LogP contribution in [0, 0.1) is 6.57 Å². The van der Waals surface area contributed by atoms with Gasteiger partial charge in [-0.1, -0.05) is 24.3 Å². The number of carbonyl (C=O) groups is 3. The summed E-state index contributed by atoms with van der Waals surface area (Å²) in [5, 5.41) is 3.07. The molecule has 0 saturated carbocycles. The highest BCUT2D eigenvalue weighted by Crippen LogP contribution is 2.17. The van der Waals surface area contributed by atoms with Gasteiger partial charge in [0.05, 0.1) is 12.1 Å². The molecule has 2 fully saturated rings. The highest BCUT2D eigenvalue weighted by Gasteiger charge is 2.25. The Morgan fingerprint density at radius 2 is 1.63 bits per heavy atom. The average molecular weight is 475 g/mol. The van der Waals surface area contributed by atoms with Gasteiger partial charge >= 0.3 is 0 Å². The zero-order valence-electron chi connectivity index (χ0n) is 19.9. The lowest BCUT2D eigenvalue weighted by Gasteiger charge is -2.34. The van der Waals surface area contributed by atoms with Crippen molar-refractivity contribution in [2.75, 3.05) is 39.3 Å². The standard InChI is InChI=1S/C26H30N6O3/c1-19(33)31-13-15-32(16-14-31)26(35)21-5-8-24(28-17-21)25(34)29-23-9-11-30(12-10-23)18-20-3-6-22(27-2)7-4-20/h3-8,17,23H,9-16,18H2,1H3,(H,29,34). The van der Waals surface area contributed by atoms with Crippen LogP contribution in [-0.4, -0.2) is 82.7 Å². The Balaban J connectivity index is 1.23. The molecule has 1 aromatic carbocycles. The average Bonchev–Trinajstić information content (AvgIpc) is 2.90. The van der Waals surface area contributed by atoms with Crippen molar-refractivity contribution in [3.05, 3.63) is 70.8 Å². The van der Waals surface area contributed by atoms with Crippen molar-refractivity contribution < 1.29 is 14.4 Å². The van der Waals surface area contributed by atoms with Gasteiger partial charge in [0.2, 0.25) is 5.91 Å². The van der Waals surface area contributed by atoms with Gasteiger partial charge in [0.25, 0.3) is 11.8 Å². The Morgan fingerprint density at radius 3 is 2.20 bits per heavy atom. The number of aromatic nitrogens is 1. The van der Waals surface area contributed by atoms with Gasteiger partial charge in [-0.2, -0.15) is 0 Å². The van der Waals surface area contributed by atoms with Crippen LogP contribution >= 0.6 is 0 Å². The number of benzene rings is 1. The summed E-state index contributed by atoms with van der Waals surface area (Å²) < 4.78 is 0. The van der Waals surface area contributed by atoms with Gasteiger partial charge in [0.15, 0.2) is 5.69 Å². The number of amides is 3. The molecule has 2 aromatic rings. The van der Waals surface area contributed by atoms with Gasteiger partial charge in [-0.3, -0.25) is 24.3 Å². The third-order valence-electron chi connectivity index (χ3n) is 6.65. The van der Waals surface area contributed by atoms with E-state index in [2.05, 4.69) is 20.0 Å². The van der Waals surface area contributed by atoms with Gasteiger partial charge in [-0.05, 0) is 30.5 Å². The quantitative estimate of drug-likeness (QED) is 0.672. The highest BCUT2D eigenvalue weighted by molar-refractivity contribution is 5.96. The molecule has 3 amide bonds. The second-order valence-electron chi connectivity index (χ2n) is 9.03. The zero-order valence-corrected chi connectivity index (χ0v) is 19.9. The largest absolute Gasteiger partial charge is 0.348 e. The van der Waals surface area contributed by atoms with Crippen molar-refractivity contribution in [2.45, 2.75) is 32.4 Å². The van der Waals surface area contributed by atoms with Crippen molar-refractivity contribution in [3.63, 3.8) is 0 Å². The smallest absolute Gasteiger partial charge is 0.270 e. The van der Waals surface area contributed by atoms with E-state index in [0.29, 0.717) is 43.1 Å². The first kappa shape index (κ1) is 24.4. The molecular formula is C26H30N6O3. The van der Waals surface area contributed by atoms with Crippen molar-refractivity contribution in [1.29, 1.82) is 0 Å². The van der Waals surface area contributed by atoms with Crippen molar-refractivity contribution in [3.8, 4) is 0 Å². The van der Waals surface area contributed by atoms with Crippen LogP contribution in [0.4, 0.5) is 5.69 Å². The molecule has 0 atom stereocenters. The fraction of sp³-hybridized carbons (Fsp3) is 0.423. The molecule has 0 radical (unpaired) electrons. The second kappa shape index (κ2) is 11.1. The third-order valence-corrected chi connectivity index (χ3v) is 6.65. The molecule has 1 aromatic heterocycles. The molecule has 4 rings (SSSR count). The summed E-state index contributed by atoms with van der Waals surface area (Å²) >= 11 is 0. The van der Waals surface area contributed by atoms with E-state index in [1.165, 1.54) is 18.7 Å². The van der Waals surface area contributed by atoms with Crippen LogP contribution in [0.5, 0.6) is 0 Å². The lowest BCUT2D eigenvalue weighted by atomic mass is 10.0. The number of nitrogens with zero attached hydrogens (tertiary/aromatic N) is 5. The van der Waals surface area contributed by atoms with Crippen molar-refractivity contribution in [1.82, 2.24) is 25.0 Å². The Bertz CT molecular complexity index is 1090. The maximum Gasteiger partial charge on any atom is 0.270 e. The second-order valence-corrected chi connectivity index (χ2v) is 9.03. The molecule has 0 spiro atoms. The maximum absolute atomic E-state index is 12.7. The minimum absolute atomic E-state index is 0.0204. The lowest BCUT2D eigenvalue weighted by molar-refractivity contribution is -0.130. The molecule has 0 unspecified atom stereocenters. The summed E-state index contributed by atoms with van der Waals surface area (Å²) in [5.41, 5.74) is 2.56. The topological polar surface area (TPSA) is 90.2 Å². The number of piperazine rings is 1. The van der Waals surface area contributed by atoms with Crippen molar-refractivity contribution in [2.24, 2.45) is 0 Å². The van der Waals surface area contributed by atoms with E-state index in [9.17, 15) is 14.4 Å². The van der Waals surface area contributed by atoms with Gasteiger partial charge in [-0.25, -0.2) is 4.85 Å². The number of pyridine rings is 1. The number of likely N-dealkylation sites (tertiary alicyclic amines) is 1. The summed E-state index contributed by atoms with van der Waals surface area (Å²) in [7, 11) is 0. The molecule has 1 N–H and O–H groups in total. The van der Waals surface area contributed by atoms with Gasteiger partial charge < -0.3 is 15.1 Å². The van der Waals surface area contributed by atoms with Crippen LogP contribution in [0.25, 0.3) is 4.85 Å². The fourth-order valence-corrected chi connectivity index (χ4v) is 4.49. The monoisotopic (exact) mass is 474 g/mol. The minimum atomic E-state index is -0.229. The summed E-state index contributed by atoms with van der Waals surface area (Å²) in [6.07, 6.45) is 3.17. The Kier molecular flexibility index (Phi) is 7.73. The Morgan fingerprint density at radius 1 is 0.971 bits per heavy atom. The van der Waals surface area contributed by atoms with Crippen LogP contribution in [0.15, 0.2) is 42.6 Å². The van der Waals surface area contributed by atoms with E-state index in [-0.39, 0.29) is 23.8 Å². The van der Waals surface area contributed by atoms with E-state index in [0.717, 1.165) is 32.5 Å². The molecule has 9 heteroatoms. The molecule has 9 nitrogen and oxygen atoms in total. The highest BCUT2D eigenvalue weighted by atomic mass is 16.2. The van der Waals surface area contributed by atoms with Gasteiger partial charge in [0.1, 0.15) is 5.69 Å². The molecule has 35 heavy (non-hydrogen) atoms. The van der Waals surface area contributed by atoms with Crippen molar-refractivity contribution >= 4 is 23.4 Å². The maximum atomic E-state index is 12.7. The van der Waals surface area contributed by atoms with Crippen LogP contribution in [0.1, 0.15) is 46.2 Å². The molecule has 2 aliphatic heterocycles. The number of nitrogens with one attached hydrogen (secondary N) is 1. The van der Waals surface area contributed by atoms with Crippen LogP contribution in [0.3, 0.4) is 0 Å². The van der Waals surface area contributed by atoms with Crippen LogP contribution in [-0.2, 0) is 11.3 Å². The normalized spacial score (nSPS) is 17.0. The predicted molar refractivity (Wildman–Crippen MR) is 131 cm³/mol. The number of piperidine rings is 1. The molecular weight excluding hydrogens is 444 g/mol. The first-order valence-electron chi connectivity index (χ1n) is 11.9. The molecule has 182 valence electrons. The zero-order chi connectivity index (χ0) is 24.8. The summed E-state index contributed by atoms with van der Waals surface area (Å²) in [5.74, 6) is -0.344. The lowest BCUT2D eigenvalue weighted by Crippen LogP contribution is -2.50. The molecule has 3 heterocycles. The Hall–Kier alpha value is -3.77. The van der Waals surface area contributed by atoms with Crippen LogP contribution in [0.2, 0.25) is 0 Å². The van der Waals surface area contributed by atoms with E-state index in [1.54, 1.807) is 21.9 Å². The first-order chi connectivity index (χ1) is 16.9. The van der Waals surface area contributed by atoms with Gasteiger partial charge in [0, 0.05) is 65.0 Å². The molecule has 0 aliphatic carbocycles. The van der Waals surface area contributed by atoms with Crippen LogP contribution < -0.4 is 5.32 Å². The SMILES string of the molecule is [C-]#[N+]c1ccc(CN2CCC(NC(=O)c3ccc(C(=O)N4CCN(C(C)=O)CC4)cn3)CC2)cc1. The fourth-order valence-electron chi connectivity index (χ4n) is 4.49. The predicted octanol–water partition coefficient (Wildman–Crippen LogP) is 2.33. The first-order valence-corrected chi connectivity index (χ1v) is 11.9.